The van der Waals surface area contributed by atoms with Gasteiger partial charge in [0.15, 0.2) is 6.10 Å². The predicted octanol–water partition coefficient (Wildman–Crippen LogP) is 0.517. The largest absolute Gasteiger partial charge is 0.376 e. The first-order valence-electron chi connectivity index (χ1n) is 5.09. The van der Waals surface area contributed by atoms with E-state index < -0.39 is 6.10 Å². The Hall–Kier alpha value is -0.980. The van der Waals surface area contributed by atoms with E-state index in [-0.39, 0.29) is 5.91 Å². The molecule has 6 heteroatoms. The molecule has 0 radical (unpaired) electrons. The van der Waals surface area contributed by atoms with Gasteiger partial charge in [-0.15, -0.1) is 11.3 Å². The smallest absolute Gasteiger partial charge is 0.254 e. The number of carbonyl (C=O) groups excluding carboxylic acids is 1. The summed E-state index contributed by atoms with van der Waals surface area (Å²) in [6, 6.07) is 0. The van der Waals surface area contributed by atoms with Crippen molar-refractivity contribution >= 4 is 17.2 Å². The molecular formula is C10H14N2O3S. The highest BCUT2D eigenvalue weighted by molar-refractivity contribution is 7.07. The number of likely N-dealkylation sites (N-methyl/N-ethyl adjacent to an activating group) is 1. The molecule has 16 heavy (non-hydrogen) atoms. The van der Waals surface area contributed by atoms with Crippen molar-refractivity contribution in [3.63, 3.8) is 0 Å². The normalized spacial score (nSPS) is 20.7. The Morgan fingerprint density at radius 1 is 1.69 bits per heavy atom. The number of thiazole rings is 1. The van der Waals surface area contributed by atoms with Crippen LogP contribution in [0, 0.1) is 0 Å². The van der Waals surface area contributed by atoms with Crippen LogP contribution >= 0.6 is 11.3 Å². The third kappa shape index (κ3) is 2.78. The molecule has 1 amide bonds. The van der Waals surface area contributed by atoms with Crippen molar-refractivity contribution in [3.8, 4) is 0 Å². The van der Waals surface area contributed by atoms with E-state index in [0.717, 1.165) is 5.69 Å². The third-order valence-electron chi connectivity index (χ3n) is 2.35. The minimum Gasteiger partial charge on any atom is -0.376 e. The summed E-state index contributed by atoms with van der Waals surface area (Å²) < 4.78 is 10.5. The third-order valence-corrected chi connectivity index (χ3v) is 2.99. The van der Waals surface area contributed by atoms with Gasteiger partial charge >= 0.3 is 0 Å². The van der Waals surface area contributed by atoms with E-state index in [1.165, 1.54) is 11.3 Å². The molecule has 2 rings (SSSR count). The molecule has 1 unspecified atom stereocenters. The summed E-state index contributed by atoms with van der Waals surface area (Å²) in [7, 11) is 1.75. The molecular weight excluding hydrogens is 228 g/mol. The number of ether oxygens (including phenoxy) is 2. The van der Waals surface area contributed by atoms with E-state index in [2.05, 4.69) is 4.98 Å². The van der Waals surface area contributed by atoms with Crippen molar-refractivity contribution in [3.05, 3.63) is 16.6 Å². The van der Waals surface area contributed by atoms with Crippen molar-refractivity contribution in [2.24, 2.45) is 0 Å². The molecule has 1 fully saturated rings. The number of rotatable bonds is 3. The Bertz CT molecular complexity index is 336. The summed E-state index contributed by atoms with van der Waals surface area (Å²) in [5.41, 5.74) is 2.66. The van der Waals surface area contributed by atoms with Gasteiger partial charge in [-0.2, -0.15) is 0 Å². The number of hydrogen-bond donors (Lipinski definition) is 0. The number of carbonyl (C=O) groups is 1. The number of aromatic nitrogens is 1. The highest BCUT2D eigenvalue weighted by Crippen LogP contribution is 2.08. The first-order chi connectivity index (χ1) is 7.77. The zero-order valence-electron chi connectivity index (χ0n) is 9.09. The molecule has 1 aliphatic rings. The van der Waals surface area contributed by atoms with Crippen molar-refractivity contribution in [2.45, 2.75) is 12.6 Å². The van der Waals surface area contributed by atoms with E-state index in [0.29, 0.717) is 26.4 Å². The highest BCUT2D eigenvalue weighted by atomic mass is 32.1. The van der Waals surface area contributed by atoms with Gasteiger partial charge in [0, 0.05) is 12.4 Å². The van der Waals surface area contributed by atoms with E-state index in [1.54, 1.807) is 17.5 Å². The van der Waals surface area contributed by atoms with Crippen LogP contribution in [0.25, 0.3) is 0 Å². The molecule has 0 N–H and O–H groups in total. The number of hydrogen-bond acceptors (Lipinski definition) is 5. The SMILES string of the molecule is CN(Cc1cscn1)C(=O)C1COCCO1. The molecule has 0 bridgehead atoms. The van der Waals surface area contributed by atoms with E-state index in [9.17, 15) is 4.79 Å². The second-order valence-corrected chi connectivity index (χ2v) is 4.33. The second-order valence-electron chi connectivity index (χ2n) is 3.61. The van der Waals surface area contributed by atoms with Crippen LogP contribution in [0.1, 0.15) is 5.69 Å². The zero-order valence-corrected chi connectivity index (χ0v) is 9.90. The molecule has 1 saturated heterocycles. The van der Waals surface area contributed by atoms with Gasteiger partial charge in [0.1, 0.15) is 0 Å². The minimum absolute atomic E-state index is 0.0484. The first kappa shape index (κ1) is 11.5. The Labute approximate surface area is 98.0 Å². The summed E-state index contributed by atoms with van der Waals surface area (Å²) in [6.07, 6.45) is -0.461. The van der Waals surface area contributed by atoms with Crippen LogP contribution in [0.15, 0.2) is 10.9 Å². The molecule has 1 aromatic rings. The van der Waals surface area contributed by atoms with Gasteiger partial charge < -0.3 is 14.4 Å². The molecule has 5 nitrogen and oxygen atoms in total. The molecule has 1 aromatic heterocycles. The van der Waals surface area contributed by atoms with Gasteiger partial charge in [-0.3, -0.25) is 4.79 Å². The van der Waals surface area contributed by atoms with E-state index >= 15 is 0 Å². The van der Waals surface area contributed by atoms with Gasteiger partial charge in [0.2, 0.25) is 0 Å². The Kier molecular flexibility index (Phi) is 3.87. The van der Waals surface area contributed by atoms with Gasteiger partial charge in [-0.1, -0.05) is 0 Å². The maximum Gasteiger partial charge on any atom is 0.254 e. The standard InChI is InChI=1S/C10H14N2O3S/c1-12(4-8-6-16-7-11-8)10(13)9-5-14-2-3-15-9/h6-7,9H,2-5H2,1H3. The fourth-order valence-corrected chi connectivity index (χ4v) is 2.06. The Balaban J connectivity index is 1.88. The molecule has 1 aliphatic heterocycles. The van der Waals surface area contributed by atoms with Crippen LogP contribution in [0.5, 0.6) is 0 Å². The fourth-order valence-electron chi connectivity index (χ4n) is 1.51. The van der Waals surface area contributed by atoms with Crippen molar-refractivity contribution in [1.29, 1.82) is 0 Å². The fraction of sp³-hybridized carbons (Fsp3) is 0.600. The maximum absolute atomic E-state index is 11.9. The molecule has 2 heterocycles. The lowest BCUT2D eigenvalue weighted by molar-refractivity contribution is -0.157. The average Bonchev–Trinajstić information content (AvgIpc) is 2.82. The predicted molar refractivity (Wildman–Crippen MR) is 59.1 cm³/mol. The summed E-state index contributed by atoms with van der Waals surface area (Å²) in [5, 5.41) is 1.93. The number of amides is 1. The summed E-state index contributed by atoms with van der Waals surface area (Å²) in [6.45, 7) is 1.92. The monoisotopic (exact) mass is 242 g/mol. The second kappa shape index (κ2) is 5.38. The topological polar surface area (TPSA) is 51.7 Å². The Morgan fingerprint density at radius 2 is 2.56 bits per heavy atom. The Morgan fingerprint density at radius 3 is 3.19 bits per heavy atom. The van der Waals surface area contributed by atoms with Crippen LogP contribution in [0.4, 0.5) is 0 Å². The molecule has 0 aliphatic carbocycles. The molecule has 88 valence electrons. The van der Waals surface area contributed by atoms with E-state index in [4.69, 9.17) is 9.47 Å². The van der Waals surface area contributed by atoms with Crippen molar-refractivity contribution in [2.75, 3.05) is 26.9 Å². The minimum atomic E-state index is -0.461. The van der Waals surface area contributed by atoms with Gasteiger partial charge in [-0.05, 0) is 0 Å². The van der Waals surface area contributed by atoms with Crippen molar-refractivity contribution < 1.29 is 14.3 Å². The maximum atomic E-state index is 11.9. The average molecular weight is 242 g/mol. The summed E-state index contributed by atoms with van der Waals surface area (Å²) in [5.74, 6) is -0.0484. The lowest BCUT2D eigenvalue weighted by atomic mass is 10.3. The van der Waals surface area contributed by atoms with Crippen LogP contribution in [0.2, 0.25) is 0 Å². The van der Waals surface area contributed by atoms with Crippen LogP contribution in [0.3, 0.4) is 0 Å². The van der Waals surface area contributed by atoms with Crippen LogP contribution < -0.4 is 0 Å². The highest BCUT2D eigenvalue weighted by Gasteiger charge is 2.25. The van der Waals surface area contributed by atoms with Gasteiger partial charge in [0.25, 0.3) is 5.91 Å². The zero-order chi connectivity index (χ0) is 11.4. The lowest BCUT2D eigenvalue weighted by Gasteiger charge is -2.26. The van der Waals surface area contributed by atoms with E-state index in [1.807, 2.05) is 5.38 Å². The number of nitrogens with zero attached hydrogens (tertiary/aromatic N) is 2. The first-order valence-corrected chi connectivity index (χ1v) is 6.03. The molecule has 0 aromatic carbocycles. The quantitative estimate of drug-likeness (QED) is 0.775. The lowest BCUT2D eigenvalue weighted by Crippen LogP contribution is -2.43. The molecule has 0 spiro atoms. The van der Waals surface area contributed by atoms with Gasteiger partial charge in [0.05, 0.1) is 37.6 Å². The van der Waals surface area contributed by atoms with Crippen LogP contribution in [-0.4, -0.2) is 48.8 Å². The summed E-state index contributed by atoms with van der Waals surface area (Å²) >= 11 is 1.52. The van der Waals surface area contributed by atoms with Crippen molar-refractivity contribution in [1.82, 2.24) is 9.88 Å². The molecule has 0 saturated carbocycles. The summed E-state index contributed by atoms with van der Waals surface area (Å²) in [4.78, 5) is 17.7. The molecule has 1 atom stereocenters. The van der Waals surface area contributed by atoms with Gasteiger partial charge in [-0.25, -0.2) is 4.98 Å². The van der Waals surface area contributed by atoms with Crippen LogP contribution in [-0.2, 0) is 20.8 Å².